The molecule has 7 nitrogen and oxygen atoms in total. The zero-order valence-electron chi connectivity index (χ0n) is 15.6. The zero-order valence-corrected chi connectivity index (χ0v) is 15.6. The fraction of sp³-hybridized carbons (Fsp3) is 0.190. The van der Waals surface area contributed by atoms with E-state index in [1.807, 2.05) is 24.3 Å². The Kier molecular flexibility index (Phi) is 5.74. The molecule has 1 heterocycles. The summed E-state index contributed by atoms with van der Waals surface area (Å²) in [6.07, 6.45) is 0.0119. The van der Waals surface area contributed by atoms with Gasteiger partial charge in [-0.1, -0.05) is 36.4 Å². The average Bonchev–Trinajstić information content (AvgIpc) is 3.03. The van der Waals surface area contributed by atoms with Crippen LogP contribution >= 0.6 is 0 Å². The van der Waals surface area contributed by atoms with E-state index in [1.165, 1.54) is 0 Å². The lowest BCUT2D eigenvalue weighted by Gasteiger charge is -2.14. The van der Waals surface area contributed by atoms with Crippen molar-refractivity contribution >= 4 is 28.7 Å². The Bertz CT molecular complexity index is 1010. The SMILES string of the molecule is Cc1c(C(=O)NNC(=O)CC(C)NC(=O)c2ccccc2)oc2ccccc12. The highest BCUT2D eigenvalue weighted by Gasteiger charge is 2.18. The van der Waals surface area contributed by atoms with Crippen LogP contribution in [0.4, 0.5) is 0 Å². The van der Waals surface area contributed by atoms with Gasteiger partial charge in [0.05, 0.1) is 0 Å². The van der Waals surface area contributed by atoms with Gasteiger partial charge in [0.2, 0.25) is 5.91 Å². The number of hydrogen-bond acceptors (Lipinski definition) is 4. The third kappa shape index (κ3) is 4.37. The maximum Gasteiger partial charge on any atom is 0.305 e. The minimum Gasteiger partial charge on any atom is -0.451 e. The molecular weight excluding hydrogens is 358 g/mol. The third-order valence-corrected chi connectivity index (χ3v) is 4.27. The minimum absolute atomic E-state index is 0.0119. The number of fused-ring (bicyclic) bond motifs is 1. The third-order valence-electron chi connectivity index (χ3n) is 4.27. The second kappa shape index (κ2) is 8.39. The van der Waals surface area contributed by atoms with Gasteiger partial charge in [0.25, 0.3) is 5.91 Å². The predicted molar refractivity (Wildman–Crippen MR) is 105 cm³/mol. The summed E-state index contributed by atoms with van der Waals surface area (Å²) < 4.78 is 5.56. The van der Waals surface area contributed by atoms with E-state index in [0.717, 1.165) is 5.39 Å². The number of rotatable bonds is 5. The van der Waals surface area contributed by atoms with Gasteiger partial charge in [0, 0.05) is 29.0 Å². The van der Waals surface area contributed by atoms with Gasteiger partial charge in [-0.25, -0.2) is 0 Å². The summed E-state index contributed by atoms with van der Waals surface area (Å²) >= 11 is 0. The number of furan rings is 1. The summed E-state index contributed by atoms with van der Waals surface area (Å²) in [6, 6.07) is 15.6. The van der Waals surface area contributed by atoms with Gasteiger partial charge in [-0.05, 0) is 32.0 Å². The van der Waals surface area contributed by atoms with E-state index >= 15 is 0 Å². The normalized spacial score (nSPS) is 11.6. The molecule has 144 valence electrons. The van der Waals surface area contributed by atoms with Crippen molar-refractivity contribution in [1.82, 2.24) is 16.2 Å². The van der Waals surface area contributed by atoms with Gasteiger partial charge < -0.3 is 9.73 Å². The summed E-state index contributed by atoms with van der Waals surface area (Å²) in [5.41, 5.74) is 6.51. The smallest absolute Gasteiger partial charge is 0.305 e. The highest BCUT2D eigenvalue weighted by molar-refractivity contribution is 5.99. The van der Waals surface area contributed by atoms with E-state index in [9.17, 15) is 14.4 Å². The monoisotopic (exact) mass is 379 g/mol. The Morgan fingerprint density at radius 2 is 1.61 bits per heavy atom. The van der Waals surface area contributed by atoms with E-state index in [4.69, 9.17) is 4.42 Å². The number of carbonyl (C=O) groups excluding carboxylic acids is 3. The molecule has 0 bridgehead atoms. The lowest BCUT2D eigenvalue weighted by Crippen LogP contribution is -2.44. The van der Waals surface area contributed by atoms with Gasteiger partial charge >= 0.3 is 5.91 Å². The van der Waals surface area contributed by atoms with E-state index in [0.29, 0.717) is 16.7 Å². The summed E-state index contributed by atoms with van der Waals surface area (Å²) in [6.45, 7) is 3.50. The molecule has 0 radical (unpaired) electrons. The molecular formula is C21H21N3O4. The molecule has 0 fully saturated rings. The molecule has 1 unspecified atom stereocenters. The first-order valence-corrected chi connectivity index (χ1v) is 8.89. The van der Waals surface area contributed by atoms with Gasteiger partial charge in [-0.15, -0.1) is 0 Å². The highest BCUT2D eigenvalue weighted by atomic mass is 16.3. The summed E-state index contributed by atoms with van der Waals surface area (Å²) in [5, 5.41) is 3.59. The minimum atomic E-state index is -0.539. The first kappa shape index (κ1) is 19.2. The van der Waals surface area contributed by atoms with Crippen LogP contribution in [0.5, 0.6) is 0 Å². The average molecular weight is 379 g/mol. The van der Waals surface area contributed by atoms with Crippen molar-refractivity contribution in [3.05, 3.63) is 71.5 Å². The molecule has 0 aliphatic carbocycles. The molecule has 7 heteroatoms. The number of amides is 3. The van der Waals surface area contributed by atoms with Crippen molar-refractivity contribution < 1.29 is 18.8 Å². The fourth-order valence-corrected chi connectivity index (χ4v) is 2.85. The molecule has 1 aromatic heterocycles. The van der Waals surface area contributed by atoms with Crippen LogP contribution in [0.2, 0.25) is 0 Å². The van der Waals surface area contributed by atoms with E-state index in [-0.39, 0.29) is 18.1 Å². The maximum atomic E-state index is 12.3. The quantitative estimate of drug-likeness (QED) is 0.594. The van der Waals surface area contributed by atoms with Crippen LogP contribution in [0.3, 0.4) is 0 Å². The first-order valence-electron chi connectivity index (χ1n) is 8.89. The number of nitrogens with one attached hydrogen (secondary N) is 3. The van der Waals surface area contributed by atoms with Crippen LogP contribution in [-0.4, -0.2) is 23.8 Å². The molecule has 2 aromatic carbocycles. The summed E-state index contributed by atoms with van der Waals surface area (Å²) in [5.74, 6) is -1.08. The Hall–Kier alpha value is -3.61. The van der Waals surface area contributed by atoms with E-state index < -0.39 is 17.9 Å². The summed E-state index contributed by atoms with van der Waals surface area (Å²) in [4.78, 5) is 36.4. The Morgan fingerprint density at radius 3 is 2.32 bits per heavy atom. The van der Waals surface area contributed by atoms with Crippen molar-refractivity contribution in [3.8, 4) is 0 Å². The van der Waals surface area contributed by atoms with Crippen LogP contribution in [0.1, 0.15) is 39.8 Å². The van der Waals surface area contributed by atoms with E-state index in [1.54, 1.807) is 44.2 Å². The van der Waals surface area contributed by atoms with Crippen LogP contribution in [0, 0.1) is 6.92 Å². The number of carbonyl (C=O) groups is 3. The fourth-order valence-electron chi connectivity index (χ4n) is 2.85. The van der Waals surface area contributed by atoms with Crippen LogP contribution < -0.4 is 16.2 Å². The molecule has 0 saturated heterocycles. The second-order valence-corrected chi connectivity index (χ2v) is 6.50. The number of hydrazine groups is 1. The van der Waals surface area contributed by atoms with Gasteiger partial charge in [0.15, 0.2) is 5.76 Å². The molecule has 1 atom stereocenters. The Balaban J connectivity index is 1.51. The highest BCUT2D eigenvalue weighted by Crippen LogP contribution is 2.24. The largest absolute Gasteiger partial charge is 0.451 e. The molecule has 0 saturated carbocycles. The van der Waals surface area contributed by atoms with Gasteiger partial charge in [-0.3, -0.25) is 25.2 Å². The van der Waals surface area contributed by atoms with Gasteiger partial charge in [0.1, 0.15) is 5.58 Å². The molecule has 3 amide bonds. The molecule has 0 aliphatic heterocycles. The number of benzene rings is 2. The van der Waals surface area contributed by atoms with Crippen LogP contribution in [-0.2, 0) is 4.79 Å². The number of aryl methyl sites for hydroxylation is 1. The number of para-hydroxylation sites is 1. The lowest BCUT2D eigenvalue weighted by molar-refractivity contribution is -0.122. The van der Waals surface area contributed by atoms with Crippen LogP contribution in [0.15, 0.2) is 59.0 Å². The molecule has 3 N–H and O–H groups in total. The second-order valence-electron chi connectivity index (χ2n) is 6.50. The maximum absolute atomic E-state index is 12.3. The van der Waals surface area contributed by atoms with Crippen molar-refractivity contribution in [3.63, 3.8) is 0 Å². The van der Waals surface area contributed by atoms with Crippen molar-refractivity contribution in [2.45, 2.75) is 26.3 Å². The lowest BCUT2D eigenvalue weighted by atomic mass is 10.1. The number of hydrogen-bond donors (Lipinski definition) is 3. The molecule has 3 rings (SSSR count). The van der Waals surface area contributed by atoms with Crippen molar-refractivity contribution in [2.75, 3.05) is 0 Å². The summed E-state index contributed by atoms with van der Waals surface area (Å²) in [7, 11) is 0. The van der Waals surface area contributed by atoms with Crippen molar-refractivity contribution in [2.24, 2.45) is 0 Å². The Labute approximate surface area is 162 Å². The van der Waals surface area contributed by atoms with Gasteiger partial charge in [-0.2, -0.15) is 0 Å². The molecule has 28 heavy (non-hydrogen) atoms. The topological polar surface area (TPSA) is 100 Å². The molecule has 0 spiro atoms. The standard InChI is InChI=1S/C21H21N3O4/c1-13(22-20(26)15-8-4-3-5-9-15)12-18(25)23-24-21(27)19-14(2)16-10-6-7-11-17(16)28-19/h3-11,13H,12H2,1-2H3,(H,22,26)(H,23,25)(H,24,27). The van der Waals surface area contributed by atoms with Crippen LogP contribution in [0.25, 0.3) is 11.0 Å². The zero-order chi connectivity index (χ0) is 20.1. The van der Waals surface area contributed by atoms with Crippen molar-refractivity contribution in [1.29, 1.82) is 0 Å². The molecule has 3 aromatic rings. The van der Waals surface area contributed by atoms with E-state index in [2.05, 4.69) is 16.2 Å². The predicted octanol–water partition coefficient (Wildman–Crippen LogP) is 2.71. The first-order chi connectivity index (χ1) is 13.5. The Morgan fingerprint density at radius 1 is 0.929 bits per heavy atom. The molecule has 0 aliphatic rings.